The van der Waals surface area contributed by atoms with Gasteiger partial charge in [0.15, 0.2) is 0 Å². The quantitative estimate of drug-likeness (QED) is 0.616. The minimum Gasteiger partial charge on any atom is -0.376 e. The van der Waals surface area contributed by atoms with E-state index in [0.29, 0.717) is 0 Å². The maximum absolute atomic E-state index is 9.84. The molecule has 1 N–H and O–H groups in total. The van der Waals surface area contributed by atoms with Crippen LogP contribution in [0.1, 0.15) is 38.7 Å². The summed E-state index contributed by atoms with van der Waals surface area (Å²) in [7, 11) is 0. The van der Waals surface area contributed by atoms with Crippen LogP contribution < -0.4 is 0 Å². The molecule has 0 heterocycles. The van der Waals surface area contributed by atoms with Gasteiger partial charge in [-0.2, -0.15) is 0 Å². The molecule has 0 bridgehead atoms. The Labute approximate surface area is 104 Å². The summed E-state index contributed by atoms with van der Waals surface area (Å²) in [4.78, 5) is 0. The molecule has 0 fully saturated rings. The molecule has 0 aromatic heterocycles. The van der Waals surface area contributed by atoms with Gasteiger partial charge in [0.1, 0.15) is 6.10 Å². The molecule has 1 atom stereocenters. The number of benzene rings is 1. The SMILES string of the molecule is CCCCC#C[C@H](O)/C(C)=C/c1ccccc1. The van der Waals surface area contributed by atoms with Gasteiger partial charge in [0, 0.05) is 6.42 Å². The zero-order valence-corrected chi connectivity index (χ0v) is 10.6. The van der Waals surface area contributed by atoms with Crippen molar-refractivity contribution in [2.24, 2.45) is 0 Å². The van der Waals surface area contributed by atoms with Crippen molar-refractivity contribution in [1.82, 2.24) is 0 Å². The van der Waals surface area contributed by atoms with E-state index in [0.717, 1.165) is 30.4 Å². The normalized spacial score (nSPS) is 12.8. The maximum atomic E-state index is 9.84. The Hall–Kier alpha value is -1.52. The van der Waals surface area contributed by atoms with Crippen molar-refractivity contribution in [3.63, 3.8) is 0 Å². The first-order valence-electron chi connectivity index (χ1n) is 6.13. The Kier molecular flexibility index (Phi) is 6.14. The van der Waals surface area contributed by atoms with Crippen LogP contribution in [0.3, 0.4) is 0 Å². The second-order valence-corrected chi connectivity index (χ2v) is 4.13. The van der Waals surface area contributed by atoms with E-state index in [2.05, 4.69) is 18.8 Å². The molecule has 0 spiro atoms. The van der Waals surface area contributed by atoms with Crippen LogP contribution in [0.2, 0.25) is 0 Å². The first kappa shape index (κ1) is 13.5. The third-order valence-electron chi connectivity index (χ3n) is 2.52. The number of aliphatic hydroxyl groups is 1. The average Bonchev–Trinajstić information content (AvgIpc) is 2.35. The molecule has 0 aliphatic carbocycles. The first-order valence-corrected chi connectivity index (χ1v) is 6.13. The van der Waals surface area contributed by atoms with Crippen molar-refractivity contribution in [1.29, 1.82) is 0 Å². The lowest BCUT2D eigenvalue weighted by Gasteiger charge is -2.03. The van der Waals surface area contributed by atoms with E-state index in [1.807, 2.05) is 43.3 Å². The maximum Gasteiger partial charge on any atom is 0.136 e. The molecular formula is C16H20O. The largest absolute Gasteiger partial charge is 0.376 e. The summed E-state index contributed by atoms with van der Waals surface area (Å²) in [5.41, 5.74) is 1.99. The van der Waals surface area contributed by atoms with Gasteiger partial charge in [0.2, 0.25) is 0 Å². The van der Waals surface area contributed by atoms with Gasteiger partial charge in [0.25, 0.3) is 0 Å². The molecule has 0 saturated heterocycles. The Balaban J connectivity index is 2.59. The highest BCUT2D eigenvalue weighted by atomic mass is 16.3. The molecule has 90 valence electrons. The van der Waals surface area contributed by atoms with Crippen LogP contribution in [0.25, 0.3) is 6.08 Å². The zero-order chi connectivity index (χ0) is 12.5. The van der Waals surface area contributed by atoms with E-state index in [4.69, 9.17) is 0 Å². The van der Waals surface area contributed by atoms with E-state index in [9.17, 15) is 5.11 Å². The lowest BCUT2D eigenvalue weighted by molar-refractivity contribution is 0.269. The summed E-state index contributed by atoms with van der Waals surface area (Å²) < 4.78 is 0. The predicted molar refractivity (Wildman–Crippen MR) is 73.4 cm³/mol. The number of rotatable bonds is 4. The molecule has 0 aliphatic heterocycles. The Bertz CT molecular complexity index is 406. The van der Waals surface area contributed by atoms with Crippen molar-refractivity contribution in [3.05, 3.63) is 41.5 Å². The van der Waals surface area contributed by atoms with Gasteiger partial charge in [-0.1, -0.05) is 55.7 Å². The van der Waals surface area contributed by atoms with Crippen molar-refractivity contribution in [3.8, 4) is 11.8 Å². The van der Waals surface area contributed by atoms with Gasteiger partial charge in [-0.3, -0.25) is 0 Å². The summed E-state index contributed by atoms with van der Waals surface area (Å²) in [6, 6.07) is 9.98. The van der Waals surface area contributed by atoms with Crippen molar-refractivity contribution in [2.45, 2.75) is 39.2 Å². The van der Waals surface area contributed by atoms with Crippen LogP contribution in [0.15, 0.2) is 35.9 Å². The van der Waals surface area contributed by atoms with Gasteiger partial charge in [-0.15, -0.1) is 5.92 Å². The Morgan fingerprint density at radius 2 is 2.06 bits per heavy atom. The van der Waals surface area contributed by atoms with Gasteiger partial charge in [-0.25, -0.2) is 0 Å². The van der Waals surface area contributed by atoms with Crippen molar-refractivity contribution < 1.29 is 5.11 Å². The molecule has 1 aromatic rings. The monoisotopic (exact) mass is 228 g/mol. The van der Waals surface area contributed by atoms with E-state index >= 15 is 0 Å². The highest BCUT2D eigenvalue weighted by Gasteiger charge is 2.01. The second-order valence-electron chi connectivity index (χ2n) is 4.13. The third-order valence-corrected chi connectivity index (χ3v) is 2.52. The fourth-order valence-electron chi connectivity index (χ4n) is 1.44. The molecule has 1 nitrogen and oxygen atoms in total. The summed E-state index contributed by atoms with van der Waals surface area (Å²) in [5, 5.41) is 9.84. The van der Waals surface area contributed by atoms with Gasteiger partial charge in [-0.05, 0) is 24.5 Å². The topological polar surface area (TPSA) is 20.2 Å². The number of aliphatic hydroxyl groups excluding tert-OH is 1. The van der Waals surface area contributed by atoms with Crippen molar-refractivity contribution in [2.75, 3.05) is 0 Å². The van der Waals surface area contributed by atoms with Crippen LogP contribution in [0.5, 0.6) is 0 Å². The highest BCUT2D eigenvalue weighted by molar-refractivity contribution is 5.54. The molecule has 17 heavy (non-hydrogen) atoms. The van der Waals surface area contributed by atoms with Gasteiger partial charge in [0.05, 0.1) is 0 Å². The second kappa shape index (κ2) is 7.70. The molecule has 0 saturated carbocycles. The van der Waals surface area contributed by atoms with Crippen LogP contribution in [-0.4, -0.2) is 11.2 Å². The van der Waals surface area contributed by atoms with Crippen molar-refractivity contribution >= 4 is 6.08 Å². The number of hydrogen-bond donors (Lipinski definition) is 1. The molecular weight excluding hydrogens is 208 g/mol. The lowest BCUT2D eigenvalue weighted by atomic mass is 10.1. The van der Waals surface area contributed by atoms with Crippen LogP contribution in [0, 0.1) is 11.8 Å². The minimum atomic E-state index is -0.646. The lowest BCUT2D eigenvalue weighted by Crippen LogP contribution is -2.04. The minimum absolute atomic E-state index is 0.646. The Morgan fingerprint density at radius 3 is 2.71 bits per heavy atom. The molecule has 1 aromatic carbocycles. The number of hydrogen-bond acceptors (Lipinski definition) is 1. The smallest absolute Gasteiger partial charge is 0.136 e. The molecule has 0 unspecified atom stereocenters. The van der Waals surface area contributed by atoms with Gasteiger partial charge < -0.3 is 5.11 Å². The fourth-order valence-corrected chi connectivity index (χ4v) is 1.44. The first-order chi connectivity index (χ1) is 8.24. The Morgan fingerprint density at radius 1 is 1.35 bits per heavy atom. The predicted octanol–water partition coefficient (Wildman–Crippen LogP) is 3.64. The van der Waals surface area contributed by atoms with E-state index in [1.54, 1.807) is 0 Å². The molecule has 1 rings (SSSR count). The third kappa shape index (κ3) is 5.38. The molecule has 0 aliphatic rings. The fraction of sp³-hybridized carbons (Fsp3) is 0.375. The highest BCUT2D eigenvalue weighted by Crippen LogP contribution is 2.09. The summed E-state index contributed by atoms with van der Waals surface area (Å²) >= 11 is 0. The van der Waals surface area contributed by atoms with Crippen LogP contribution in [0.4, 0.5) is 0 Å². The molecule has 1 heteroatoms. The zero-order valence-electron chi connectivity index (χ0n) is 10.6. The van der Waals surface area contributed by atoms with E-state index in [-0.39, 0.29) is 0 Å². The molecule has 0 amide bonds. The van der Waals surface area contributed by atoms with Crippen LogP contribution >= 0.6 is 0 Å². The standard InChI is InChI=1S/C16H20O/c1-3-4-5-9-12-16(17)14(2)13-15-10-7-6-8-11-15/h6-8,10-11,13,16-17H,3-5H2,1-2H3/b14-13+/t16-/m0/s1. The molecule has 0 radical (unpaired) electrons. The summed E-state index contributed by atoms with van der Waals surface area (Å²) in [6.45, 7) is 4.05. The van der Waals surface area contributed by atoms with Gasteiger partial charge >= 0.3 is 0 Å². The van der Waals surface area contributed by atoms with E-state index < -0.39 is 6.10 Å². The average molecular weight is 228 g/mol. The summed E-state index contributed by atoms with van der Waals surface area (Å²) in [6.07, 6.45) is 4.43. The van der Waals surface area contributed by atoms with E-state index in [1.165, 1.54) is 0 Å². The summed E-state index contributed by atoms with van der Waals surface area (Å²) in [5.74, 6) is 5.89. The van der Waals surface area contributed by atoms with Crippen LogP contribution in [-0.2, 0) is 0 Å². The number of unbranched alkanes of at least 4 members (excludes halogenated alkanes) is 2.